The van der Waals surface area contributed by atoms with Gasteiger partial charge in [-0.1, -0.05) is 54.8 Å². The number of methoxy groups -OCH3 is 1. The molecule has 1 aliphatic rings. The zero-order valence-corrected chi connectivity index (χ0v) is 21.6. The van der Waals surface area contributed by atoms with Crippen LogP contribution in [0.5, 0.6) is 5.75 Å². The first-order valence-electron chi connectivity index (χ1n) is 12.4. The van der Waals surface area contributed by atoms with E-state index in [0.717, 1.165) is 31.2 Å². The Morgan fingerprint density at radius 3 is 2.46 bits per heavy atom. The van der Waals surface area contributed by atoms with Crippen molar-refractivity contribution in [3.8, 4) is 5.75 Å². The predicted molar refractivity (Wildman–Crippen MR) is 145 cm³/mol. The average Bonchev–Trinajstić information content (AvgIpc) is 2.93. The van der Waals surface area contributed by atoms with Crippen LogP contribution in [-0.2, 0) is 17.9 Å². The Bertz CT molecular complexity index is 1200. The van der Waals surface area contributed by atoms with Gasteiger partial charge in [0.1, 0.15) is 12.4 Å². The summed E-state index contributed by atoms with van der Waals surface area (Å²) in [4.78, 5) is 27.9. The predicted octanol–water partition coefficient (Wildman–Crippen LogP) is 6.01. The second-order valence-electron chi connectivity index (χ2n) is 9.17. The lowest BCUT2D eigenvalue weighted by molar-refractivity contribution is 0.0583. The zero-order valence-electron chi connectivity index (χ0n) is 20.9. The van der Waals surface area contributed by atoms with Crippen molar-refractivity contribution in [2.24, 2.45) is 5.73 Å². The molecule has 0 radical (unpaired) electrons. The van der Waals surface area contributed by atoms with Crippen LogP contribution in [0, 0.1) is 0 Å². The highest BCUT2D eigenvalue weighted by molar-refractivity contribution is 6.31. The van der Waals surface area contributed by atoms with E-state index in [0.29, 0.717) is 27.6 Å². The van der Waals surface area contributed by atoms with Crippen LogP contribution in [0.2, 0.25) is 5.02 Å². The molecule has 194 valence electrons. The maximum atomic E-state index is 13.7. The molecule has 0 bridgehead atoms. The third kappa shape index (κ3) is 7.02. The molecule has 7 nitrogen and oxygen atoms in total. The van der Waals surface area contributed by atoms with Gasteiger partial charge in [-0.15, -0.1) is 0 Å². The van der Waals surface area contributed by atoms with Crippen molar-refractivity contribution >= 4 is 29.3 Å². The van der Waals surface area contributed by atoms with Gasteiger partial charge in [0.15, 0.2) is 0 Å². The SMILES string of the molecule is COc1ccc(C(=O)N(Cc2cc(NC(=O)OCc3ccccc3)ccc2Cl)C2CCCCC2N)cc1. The molecule has 0 spiro atoms. The Balaban J connectivity index is 1.52. The molecule has 8 heteroatoms. The minimum absolute atomic E-state index is 0.119. The molecule has 3 aromatic carbocycles. The first-order chi connectivity index (χ1) is 17.9. The first kappa shape index (κ1) is 26.5. The minimum Gasteiger partial charge on any atom is -0.497 e. The van der Waals surface area contributed by atoms with Crippen molar-refractivity contribution < 1.29 is 19.1 Å². The van der Waals surface area contributed by atoms with Crippen molar-refractivity contribution in [3.05, 3.63) is 94.5 Å². The molecule has 4 rings (SSSR count). The van der Waals surface area contributed by atoms with Gasteiger partial charge in [0.05, 0.1) is 7.11 Å². The quantitative estimate of drug-likeness (QED) is 0.378. The molecule has 37 heavy (non-hydrogen) atoms. The van der Waals surface area contributed by atoms with E-state index < -0.39 is 6.09 Å². The molecule has 3 N–H and O–H groups in total. The van der Waals surface area contributed by atoms with Gasteiger partial charge in [0.25, 0.3) is 5.91 Å². The number of benzene rings is 3. The summed E-state index contributed by atoms with van der Waals surface area (Å²) in [6.45, 7) is 0.424. The lowest BCUT2D eigenvalue weighted by atomic mass is 9.89. The lowest BCUT2D eigenvalue weighted by Gasteiger charge is -2.38. The standard InChI is InChI=1S/C29H32ClN3O4/c1-36-24-14-11-21(12-15-24)28(34)33(27-10-6-5-9-26(27)31)18-22-17-23(13-16-25(22)30)32-29(35)37-19-20-7-3-2-4-8-20/h2-4,7-8,11-17,26-27H,5-6,9-10,18-19,31H2,1H3,(H,32,35). The number of rotatable bonds is 8. The molecular formula is C29H32ClN3O4. The number of nitrogens with two attached hydrogens (primary N) is 1. The third-order valence-electron chi connectivity index (χ3n) is 6.63. The van der Waals surface area contributed by atoms with E-state index >= 15 is 0 Å². The Hall–Kier alpha value is -3.55. The van der Waals surface area contributed by atoms with E-state index in [-0.39, 0.29) is 31.1 Å². The van der Waals surface area contributed by atoms with E-state index in [9.17, 15) is 9.59 Å². The Labute approximate surface area is 222 Å². The van der Waals surface area contributed by atoms with Gasteiger partial charge >= 0.3 is 6.09 Å². The van der Waals surface area contributed by atoms with Crippen LogP contribution in [0.4, 0.5) is 10.5 Å². The fraction of sp³-hybridized carbons (Fsp3) is 0.310. The minimum atomic E-state index is -0.572. The fourth-order valence-corrected chi connectivity index (χ4v) is 4.78. The molecule has 2 atom stereocenters. The largest absolute Gasteiger partial charge is 0.497 e. The van der Waals surface area contributed by atoms with Gasteiger partial charge in [-0.3, -0.25) is 10.1 Å². The maximum Gasteiger partial charge on any atom is 0.411 e. The van der Waals surface area contributed by atoms with Crippen molar-refractivity contribution in [3.63, 3.8) is 0 Å². The summed E-state index contributed by atoms with van der Waals surface area (Å²) in [5.74, 6) is 0.556. The van der Waals surface area contributed by atoms with Crippen LogP contribution >= 0.6 is 11.6 Å². The molecule has 2 unspecified atom stereocenters. The van der Waals surface area contributed by atoms with E-state index in [1.54, 1.807) is 49.6 Å². The Morgan fingerprint density at radius 1 is 1.03 bits per heavy atom. The highest BCUT2D eigenvalue weighted by Gasteiger charge is 2.32. The van der Waals surface area contributed by atoms with Gasteiger partial charge in [-0.05, 0) is 66.4 Å². The monoisotopic (exact) mass is 521 g/mol. The van der Waals surface area contributed by atoms with Gasteiger partial charge in [0, 0.05) is 34.9 Å². The van der Waals surface area contributed by atoms with Crippen LogP contribution in [0.1, 0.15) is 47.2 Å². The number of carbonyl (C=O) groups excluding carboxylic acids is 2. The molecule has 0 aliphatic heterocycles. The smallest absolute Gasteiger partial charge is 0.411 e. The normalized spacial score (nSPS) is 17.1. The van der Waals surface area contributed by atoms with Crippen molar-refractivity contribution in [1.82, 2.24) is 4.90 Å². The summed E-state index contributed by atoms with van der Waals surface area (Å²) >= 11 is 6.55. The number of carbonyl (C=O) groups is 2. The number of hydrogen-bond acceptors (Lipinski definition) is 5. The molecule has 2 amide bonds. The molecule has 1 fully saturated rings. The number of halogens is 1. The van der Waals surface area contributed by atoms with E-state index in [1.165, 1.54) is 0 Å². The number of hydrogen-bond donors (Lipinski definition) is 2. The van der Waals surface area contributed by atoms with Gasteiger partial charge in [-0.2, -0.15) is 0 Å². The summed E-state index contributed by atoms with van der Waals surface area (Å²) in [5, 5.41) is 3.25. The van der Waals surface area contributed by atoms with Crippen LogP contribution < -0.4 is 15.8 Å². The Kier molecular flexibility index (Phi) is 9.04. The fourth-order valence-electron chi connectivity index (χ4n) is 4.60. The van der Waals surface area contributed by atoms with Crippen molar-refractivity contribution in [1.29, 1.82) is 0 Å². The summed E-state index contributed by atoms with van der Waals surface area (Å²) in [7, 11) is 1.59. The van der Waals surface area contributed by atoms with Crippen molar-refractivity contribution in [2.45, 2.75) is 50.9 Å². The topological polar surface area (TPSA) is 93.9 Å². The number of nitrogens with one attached hydrogen (secondary N) is 1. The highest BCUT2D eigenvalue weighted by atomic mass is 35.5. The average molecular weight is 522 g/mol. The molecule has 1 aliphatic carbocycles. The molecule has 0 aromatic heterocycles. The van der Waals surface area contributed by atoms with Crippen LogP contribution in [0.25, 0.3) is 0 Å². The molecule has 0 heterocycles. The number of amides is 2. The lowest BCUT2D eigenvalue weighted by Crippen LogP contribution is -2.51. The molecular weight excluding hydrogens is 490 g/mol. The number of nitrogens with zero attached hydrogens (tertiary/aromatic N) is 1. The van der Waals surface area contributed by atoms with E-state index in [4.69, 9.17) is 26.8 Å². The highest BCUT2D eigenvalue weighted by Crippen LogP contribution is 2.29. The van der Waals surface area contributed by atoms with Crippen molar-refractivity contribution in [2.75, 3.05) is 12.4 Å². The van der Waals surface area contributed by atoms with Gasteiger partial charge < -0.3 is 20.1 Å². The maximum absolute atomic E-state index is 13.7. The summed E-state index contributed by atoms with van der Waals surface area (Å²) in [6.07, 6.45) is 3.17. The second kappa shape index (κ2) is 12.6. The molecule has 1 saturated carbocycles. The van der Waals surface area contributed by atoms with E-state index in [1.807, 2.05) is 35.2 Å². The van der Waals surface area contributed by atoms with Crippen LogP contribution in [0.15, 0.2) is 72.8 Å². The molecule has 0 saturated heterocycles. The first-order valence-corrected chi connectivity index (χ1v) is 12.8. The second-order valence-corrected chi connectivity index (χ2v) is 9.58. The summed E-state index contributed by atoms with van der Waals surface area (Å²) in [5.41, 5.74) is 9.17. The van der Waals surface area contributed by atoms with Gasteiger partial charge in [0.2, 0.25) is 0 Å². The number of ether oxygens (including phenoxy) is 2. The number of anilines is 1. The zero-order chi connectivity index (χ0) is 26.2. The van der Waals surface area contributed by atoms with E-state index in [2.05, 4.69) is 5.32 Å². The van der Waals surface area contributed by atoms with Gasteiger partial charge in [-0.25, -0.2) is 4.79 Å². The molecule has 3 aromatic rings. The Morgan fingerprint density at radius 2 is 1.76 bits per heavy atom. The summed E-state index contributed by atoms with van der Waals surface area (Å²) in [6, 6.07) is 21.4. The van der Waals surface area contributed by atoms with Crippen LogP contribution in [0.3, 0.4) is 0 Å². The van der Waals surface area contributed by atoms with Crippen LogP contribution in [-0.4, -0.2) is 36.1 Å². The summed E-state index contributed by atoms with van der Waals surface area (Å²) < 4.78 is 10.6. The third-order valence-corrected chi connectivity index (χ3v) is 6.99.